The van der Waals surface area contributed by atoms with Gasteiger partial charge >= 0.3 is 0 Å². The molecule has 0 aliphatic carbocycles. The molecule has 12 heavy (non-hydrogen) atoms. The van der Waals surface area contributed by atoms with Gasteiger partial charge in [0.25, 0.3) is 0 Å². The van der Waals surface area contributed by atoms with Gasteiger partial charge in [0.2, 0.25) is 0 Å². The average molecular weight is 224 g/mol. The van der Waals surface area contributed by atoms with Crippen molar-refractivity contribution in [2.45, 2.75) is 49.4 Å². The number of rotatable bonds is 6. The summed E-state index contributed by atoms with van der Waals surface area (Å²) in [7, 11) is 0. The van der Waals surface area contributed by atoms with Crippen molar-refractivity contribution in [1.82, 2.24) is 0 Å². The zero-order valence-corrected chi connectivity index (χ0v) is 10.8. The molecule has 0 nitrogen and oxygen atoms in total. The number of thioether (sulfide) groups is 1. The van der Waals surface area contributed by atoms with Gasteiger partial charge in [-0.05, 0) is 19.3 Å². The van der Waals surface area contributed by atoms with Crippen LogP contribution in [0.2, 0.25) is 0 Å². The molecule has 74 valence electrons. The maximum Gasteiger partial charge on any atom is 0.0579 e. The smallest absolute Gasteiger partial charge is 0.0579 e. The lowest BCUT2D eigenvalue weighted by Gasteiger charge is -2.28. The molecule has 0 saturated heterocycles. The third kappa shape index (κ3) is 4.33. The number of hydrogen-bond donors (Lipinski definition) is 2. The second-order valence-corrected chi connectivity index (χ2v) is 6.19. The Morgan fingerprint density at radius 3 is 2.00 bits per heavy atom. The van der Waals surface area contributed by atoms with E-state index in [9.17, 15) is 0 Å². The van der Waals surface area contributed by atoms with Gasteiger partial charge in [-0.2, -0.15) is 25.3 Å². The fraction of sp³-hybridized carbons (Fsp3) is 1.00. The summed E-state index contributed by atoms with van der Waals surface area (Å²) in [4.78, 5) is 0. The van der Waals surface area contributed by atoms with E-state index >= 15 is 0 Å². The van der Waals surface area contributed by atoms with Gasteiger partial charge in [-0.3, -0.25) is 0 Å². The van der Waals surface area contributed by atoms with E-state index in [1.54, 1.807) is 0 Å². The minimum atomic E-state index is 0.170. The van der Waals surface area contributed by atoms with Crippen molar-refractivity contribution in [2.24, 2.45) is 0 Å². The lowest BCUT2D eigenvalue weighted by Crippen LogP contribution is -2.20. The van der Waals surface area contributed by atoms with Crippen molar-refractivity contribution in [3.05, 3.63) is 0 Å². The Morgan fingerprint density at radius 2 is 1.75 bits per heavy atom. The molecule has 0 rings (SSSR count). The minimum absolute atomic E-state index is 0.170. The van der Waals surface area contributed by atoms with Crippen LogP contribution in [0.1, 0.15) is 40.0 Å². The summed E-state index contributed by atoms with van der Waals surface area (Å²) >= 11 is 11.0. The second kappa shape index (κ2) is 6.50. The quantitative estimate of drug-likeness (QED) is 0.510. The van der Waals surface area contributed by atoms with E-state index in [1.807, 2.05) is 11.8 Å². The first kappa shape index (κ1) is 13.1. The molecular weight excluding hydrogens is 204 g/mol. The van der Waals surface area contributed by atoms with E-state index in [0.717, 1.165) is 18.6 Å². The molecule has 3 heteroatoms. The fourth-order valence-electron chi connectivity index (χ4n) is 0.977. The predicted molar refractivity (Wildman–Crippen MR) is 67.8 cm³/mol. The van der Waals surface area contributed by atoms with Gasteiger partial charge in [0.05, 0.1) is 4.08 Å². The van der Waals surface area contributed by atoms with Gasteiger partial charge in [-0.1, -0.05) is 20.8 Å². The van der Waals surface area contributed by atoms with Crippen LogP contribution in [0, 0.1) is 0 Å². The summed E-state index contributed by atoms with van der Waals surface area (Å²) < 4.78 is 0.170. The molecule has 1 unspecified atom stereocenters. The lowest BCUT2D eigenvalue weighted by molar-refractivity contribution is 0.735. The van der Waals surface area contributed by atoms with E-state index in [4.69, 9.17) is 12.6 Å². The van der Waals surface area contributed by atoms with Crippen molar-refractivity contribution in [2.75, 3.05) is 5.75 Å². The average Bonchev–Trinajstić information content (AvgIpc) is 2.14. The van der Waals surface area contributed by atoms with E-state index in [-0.39, 0.29) is 4.08 Å². The normalized spacial score (nSPS) is 14.8. The van der Waals surface area contributed by atoms with Crippen LogP contribution in [0.15, 0.2) is 0 Å². The predicted octanol–water partition coefficient (Wildman–Crippen LogP) is 3.87. The van der Waals surface area contributed by atoms with Crippen LogP contribution in [-0.2, 0) is 0 Å². The Balaban J connectivity index is 3.99. The molecule has 0 aromatic rings. The van der Waals surface area contributed by atoms with Crippen molar-refractivity contribution in [3.63, 3.8) is 0 Å². The Kier molecular flexibility index (Phi) is 7.06. The zero-order valence-electron chi connectivity index (χ0n) is 8.21. The number of hydrogen-bond acceptors (Lipinski definition) is 3. The Hall–Kier alpha value is 1.05. The Morgan fingerprint density at radius 1 is 1.25 bits per heavy atom. The summed E-state index contributed by atoms with van der Waals surface area (Å²) in [6, 6.07) is 0. The fourth-order valence-corrected chi connectivity index (χ4v) is 3.10. The maximum absolute atomic E-state index is 4.69. The molecule has 0 bridgehead atoms. The molecule has 0 aromatic carbocycles. The van der Waals surface area contributed by atoms with Gasteiger partial charge in [-0.15, -0.1) is 11.8 Å². The third-order valence-electron chi connectivity index (χ3n) is 2.15. The molecule has 0 aliphatic rings. The van der Waals surface area contributed by atoms with E-state index in [0.29, 0.717) is 5.25 Å². The summed E-state index contributed by atoms with van der Waals surface area (Å²) in [6.45, 7) is 6.62. The first-order chi connectivity index (χ1) is 5.61. The first-order valence-corrected chi connectivity index (χ1v) is 6.58. The molecular formula is C9H20S3. The lowest BCUT2D eigenvalue weighted by atomic mass is 10.2. The highest BCUT2D eigenvalue weighted by Crippen LogP contribution is 2.40. The van der Waals surface area contributed by atoms with Crippen molar-refractivity contribution >= 4 is 37.0 Å². The van der Waals surface area contributed by atoms with Crippen molar-refractivity contribution in [1.29, 1.82) is 0 Å². The molecule has 1 atom stereocenters. The summed E-state index contributed by atoms with van der Waals surface area (Å²) in [5, 5.41) is 0.658. The molecule has 0 radical (unpaired) electrons. The van der Waals surface area contributed by atoms with Crippen LogP contribution in [0.4, 0.5) is 0 Å². The number of thiol groups is 2. The molecule has 0 heterocycles. The van der Waals surface area contributed by atoms with E-state index < -0.39 is 0 Å². The van der Waals surface area contributed by atoms with Gasteiger partial charge in [0, 0.05) is 11.0 Å². The van der Waals surface area contributed by atoms with Gasteiger partial charge in [0.1, 0.15) is 0 Å². The molecule has 0 N–H and O–H groups in total. The first-order valence-electron chi connectivity index (χ1n) is 4.62. The van der Waals surface area contributed by atoms with E-state index in [1.165, 1.54) is 6.42 Å². The Labute approximate surface area is 92.1 Å². The van der Waals surface area contributed by atoms with Gasteiger partial charge < -0.3 is 0 Å². The summed E-state index contributed by atoms with van der Waals surface area (Å²) in [5.41, 5.74) is 0. The van der Waals surface area contributed by atoms with E-state index in [2.05, 4.69) is 33.4 Å². The van der Waals surface area contributed by atoms with Crippen molar-refractivity contribution < 1.29 is 0 Å². The van der Waals surface area contributed by atoms with Crippen LogP contribution in [0.25, 0.3) is 0 Å². The molecule has 0 aromatic heterocycles. The van der Waals surface area contributed by atoms with Crippen LogP contribution in [0.5, 0.6) is 0 Å². The standard InChI is InChI=1S/C9H20S3/c1-4-8(7-10)12-9(11,5-2)6-3/h8,10-11H,4-7H2,1-3H3. The minimum Gasteiger partial charge on any atom is -0.178 e. The summed E-state index contributed by atoms with van der Waals surface area (Å²) in [6.07, 6.45) is 3.44. The maximum atomic E-state index is 4.69. The van der Waals surface area contributed by atoms with Crippen LogP contribution in [-0.4, -0.2) is 15.1 Å². The zero-order chi connectivity index (χ0) is 9.61. The van der Waals surface area contributed by atoms with Crippen molar-refractivity contribution in [3.8, 4) is 0 Å². The summed E-state index contributed by atoms with van der Waals surface area (Å²) in [5.74, 6) is 0.962. The third-order valence-corrected chi connectivity index (χ3v) is 5.64. The SMILES string of the molecule is CCC(CS)SC(S)(CC)CC. The molecule has 0 aliphatic heterocycles. The van der Waals surface area contributed by atoms with Gasteiger partial charge in [-0.25, -0.2) is 0 Å². The highest BCUT2D eigenvalue weighted by Gasteiger charge is 2.24. The van der Waals surface area contributed by atoms with Gasteiger partial charge in [0.15, 0.2) is 0 Å². The second-order valence-electron chi connectivity index (χ2n) is 2.98. The van der Waals surface area contributed by atoms with Crippen LogP contribution >= 0.6 is 37.0 Å². The molecule has 0 amide bonds. The Bertz CT molecular complexity index is 106. The van der Waals surface area contributed by atoms with Crippen LogP contribution < -0.4 is 0 Å². The topological polar surface area (TPSA) is 0 Å². The molecule has 0 fully saturated rings. The monoisotopic (exact) mass is 224 g/mol. The van der Waals surface area contributed by atoms with Crippen LogP contribution in [0.3, 0.4) is 0 Å². The highest BCUT2D eigenvalue weighted by atomic mass is 32.2. The molecule has 0 saturated carbocycles. The largest absolute Gasteiger partial charge is 0.178 e. The highest BCUT2D eigenvalue weighted by molar-refractivity contribution is 8.12. The molecule has 0 spiro atoms.